The Labute approximate surface area is 288 Å². The second-order valence-corrected chi connectivity index (χ2v) is 15.5. The summed E-state index contributed by atoms with van der Waals surface area (Å²) in [7, 11) is 0. The Kier molecular flexibility index (Phi) is 5.61. The van der Waals surface area contributed by atoms with Crippen LogP contribution in [0, 0.1) is 0 Å². The van der Waals surface area contributed by atoms with Gasteiger partial charge in [0.15, 0.2) is 0 Å². The average molecular weight is 665 g/mol. The highest BCUT2D eigenvalue weighted by Gasteiger charge is 2.28. The lowest BCUT2D eigenvalue weighted by atomic mass is 10.0. The summed E-state index contributed by atoms with van der Waals surface area (Å²) in [6, 6.07) is 53.4. The lowest BCUT2D eigenvalue weighted by Gasteiger charge is -2.26. The lowest BCUT2D eigenvalue weighted by molar-refractivity contribution is 1.30. The van der Waals surface area contributed by atoms with E-state index in [2.05, 4.69) is 150 Å². The molecule has 0 saturated carbocycles. The van der Waals surface area contributed by atoms with E-state index in [4.69, 9.17) is 4.98 Å². The van der Waals surface area contributed by atoms with Crippen LogP contribution in [0.3, 0.4) is 0 Å². The summed E-state index contributed by atoms with van der Waals surface area (Å²) in [6.07, 6.45) is 0. The molecule has 0 amide bonds. The number of aromatic nitrogens is 1. The van der Waals surface area contributed by atoms with Gasteiger partial charge < -0.3 is 4.90 Å². The lowest BCUT2D eigenvalue weighted by Crippen LogP contribution is -2.10. The van der Waals surface area contributed by atoms with Gasteiger partial charge in [0.05, 0.1) is 10.6 Å². The van der Waals surface area contributed by atoms with Gasteiger partial charge in [-0.25, -0.2) is 4.98 Å². The number of benzene rings is 7. The Balaban J connectivity index is 1.15. The third-order valence-electron chi connectivity index (χ3n) is 9.61. The third-order valence-corrected chi connectivity index (χ3v) is 13.0. The SMILES string of the molecule is c1ccc(-c2nc3c(s2)-c2cc(N(c4ccc5c(c4)sc4ccccc45)c4ccc5c(c4)sc4ccccc45)cc4cccc-3c24)cc1. The molecule has 0 spiro atoms. The van der Waals surface area contributed by atoms with E-state index in [0.717, 1.165) is 33.3 Å². The van der Waals surface area contributed by atoms with Gasteiger partial charge in [0.2, 0.25) is 0 Å². The Morgan fingerprint density at radius 1 is 0.438 bits per heavy atom. The molecule has 3 aromatic heterocycles. The molecule has 224 valence electrons. The van der Waals surface area contributed by atoms with Crippen molar-refractivity contribution < 1.29 is 0 Å². The molecular weight excluding hydrogens is 641 g/mol. The first-order valence-electron chi connectivity index (χ1n) is 16.0. The van der Waals surface area contributed by atoms with Crippen molar-refractivity contribution in [3.63, 3.8) is 0 Å². The van der Waals surface area contributed by atoms with Crippen molar-refractivity contribution in [2.24, 2.45) is 0 Å². The number of hydrogen-bond donors (Lipinski definition) is 0. The van der Waals surface area contributed by atoms with Gasteiger partial charge in [-0.1, -0.05) is 97.1 Å². The summed E-state index contributed by atoms with van der Waals surface area (Å²) < 4.78 is 5.24. The molecule has 3 heterocycles. The minimum atomic E-state index is 1.07. The molecule has 0 bridgehead atoms. The molecular formula is C43H24N2S3. The fraction of sp³-hybridized carbons (Fsp3) is 0. The van der Waals surface area contributed by atoms with Gasteiger partial charge >= 0.3 is 0 Å². The van der Waals surface area contributed by atoms with Crippen molar-refractivity contribution in [1.82, 2.24) is 4.98 Å². The largest absolute Gasteiger partial charge is 0.310 e. The van der Waals surface area contributed by atoms with Crippen LogP contribution in [-0.4, -0.2) is 4.98 Å². The summed E-state index contributed by atoms with van der Waals surface area (Å²) in [6.45, 7) is 0. The smallest absolute Gasteiger partial charge is 0.124 e. The molecule has 0 N–H and O–H groups in total. The number of hydrogen-bond acceptors (Lipinski definition) is 5. The predicted molar refractivity (Wildman–Crippen MR) is 210 cm³/mol. The molecule has 2 nitrogen and oxygen atoms in total. The third kappa shape index (κ3) is 3.87. The maximum atomic E-state index is 5.21. The average Bonchev–Trinajstić information content (AvgIpc) is 3.89. The Bertz CT molecular complexity index is 2800. The van der Waals surface area contributed by atoms with Crippen molar-refractivity contribution in [3.8, 4) is 32.3 Å². The zero-order chi connectivity index (χ0) is 31.3. The van der Waals surface area contributed by atoms with E-state index in [0.29, 0.717) is 0 Å². The van der Waals surface area contributed by atoms with E-state index in [9.17, 15) is 0 Å². The van der Waals surface area contributed by atoms with Gasteiger partial charge in [0, 0.05) is 74.1 Å². The van der Waals surface area contributed by atoms with Crippen molar-refractivity contribution in [2.75, 3.05) is 4.90 Å². The van der Waals surface area contributed by atoms with Crippen molar-refractivity contribution in [2.45, 2.75) is 0 Å². The van der Waals surface area contributed by atoms with E-state index in [1.807, 2.05) is 22.7 Å². The van der Waals surface area contributed by atoms with Crippen molar-refractivity contribution in [1.29, 1.82) is 0 Å². The number of thiophene rings is 2. The highest BCUT2D eigenvalue weighted by Crippen LogP contribution is 2.53. The Hall–Kier alpha value is -5.33. The monoisotopic (exact) mass is 664 g/mol. The van der Waals surface area contributed by atoms with Crippen LogP contribution in [0.1, 0.15) is 0 Å². The summed E-state index contributed by atoms with van der Waals surface area (Å²) in [5.74, 6) is 0. The molecule has 1 aliphatic rings. The Morgan fingerprint density at radius 2 is 1.06 bits per heavy atom. The standard InChI is InChI=1S/C43H24N2S3/c1-2-9-25(10-3-1)43-44-41-34-14-8-11-26-21-29(22-35(40(26)34)42(41)48-43)45(27-17-19-32-30-12-4-6-15-36(30)46-38(32)23-27)28-18-20-33-31-13-5-7-16-37(31)47-39(33)24-28/h1-24H. The van der Waals surface area contributed by atoms with Crippen molar-refractivity contribution in [3.05, 3.63) is 146 Å². The fourth-order valence-corrected chi connectivity index (χ4v) is 10.8. The highest BCUT2D eigenvalue weighted by atomic mass is 32.1. The van der Waals surface area contributed by atoms with Gasteiger partial charge in [0.1, 0.15) is 5.01 Å². The van der Waals surface area contributed by atoms with Gasteiger partial charge in [-0.2, -0.15) is 0 Å². The number of rotatable bonds is 4. The topological polar surface area (TPSA) is 16.1 Å². The second kappa shape index (κ2) is 10.1. The predicted octanol–water partition coefficient (Wildman–Crippen LogP) is 13.8. The van der Waals surface area contributed by atoms with Crippen LogP contribution in [0.4, 0.5) is 17.1 Å². The van der Waals surface area contributed by atoms with Crippen LogP contribution in [0.5, 0.6) is 0 Å². The zero-order valence-corrected chi connectivity index (χ0v) is 27.9. The quantitative estimate of drug-likeness (QED) is 0.186. The molecule has 1 aliphatic carbocycles. The highest BCUT2D eigenvalue weighted by molar-refractivity contribution is 7.26. The van der Waals surface area contributed by atoms with Crippen LogP contribution in [0.2, 0.25) is 0 Å². The van der Waals surface area contributed by atoms with E-state index in [1.54, 1.807) is 11.3 Å². The van der Waals surface area contributed by atoms with Gasteiger partial charge in [-0.15, -0.1) is 34.0 Å². The van der Waals surface area contributed by atoms with Crippen LogP contribution in [0.25, 0.3) is 83.4 Å². The van der Waals surface area contributed by atoms with Crippen LogP contribution in [-0.2, 0) is 0 Å². The van der Waals surface area contributed by atoms with Gasteiger partial charge in [-0.05, 0) is 59.3 Å². The molecule has 0 radical (unpaired) electrons. The van der Waals surface area contributed by atoms with E-state index >= 15 is 0 Å². The molecule has 11 rings (SSSR count). The zero-order valence-electron chi connectivity index (χ0n) is 25.5. The molecule has 0 atom stereocenters. The fourth-order valence-electron chi connectivity index (χ4n) is 7.46. The maximum absolute atomic E-state index is 5.21. The molecule has 5 heteroatoms. The number of anilines is 3. The summed E-state index contributed by atoms with van der Waals surface area (Å²) >= 11 is 5.53. The van der Waals surface area contributed by atoms with Gasteiger partial charge in [-0.3, -0.25) is 0 Å². The Morgan fingerprint density at radius 3 is 1.75 bits per heavy atom. The second-order valence-electron chi connectivity index (χ2n) is 12.4. The number of nitrogens with zero attached hydrogens (tertiary/aromatic N) is 2. The van der Waals surface area contributed by atoms with Crippen molar-refractivity contribution >= 4 is 102 Å². The minimum absolute atomic E-state index is 1.07. The van der Waals surface area contributed by atoms with E-state index < -0.39 is 0 Å². The summed E-state index contributed by atoms with van der Waals surface area (Å²) in [4.78, 5) is 8.91. The first-order valence-corrected chi connectivity index (χ1v) is 18.5. The maximum Gasteiger partial charge on any atom is 0.124 e. The molecule has 0 fully saturated rings. The molecule has 10 aromatic rings. The molecule has 0 aliphatic heterocycles. The first kappa shape index (κ1) is 26.7. The summed E-state index contributed by atoms with van der Waals surface area (Å²) in [5.41, 5.74) is 8.22. The van der Waals surface area contributed by atoms with Crippen LogP contribution in [0.15, 0.2) is 146 Å². The molecule has 0 saturated heterocycles. The van der Waals surface area contributed by atoms with E-state index in [-0.39, 0.29) is 0 Å². The molecule has 48 heavy (non-hydrogen) atoms. The normalized spacial score (nSPS) is 12.2. The number of thiazole rings is 1. The first-order chi connectivity index (χ1) is 23.8. The molecule has 7 aromatic carbocycles. The van der Waals surface area contributed by atoms with E-state index in [1.165, 1.54) is 67.1 Å². The van der Waals surface area contributed by atoms with Crippen LogP contribution < -0.4 is 4.90 Å². The number of fused-ring (bicyclic) bond motifs is 9. The molecule has 0 unspecified atom stereocenters. The van der Waals surface area contributed by atoms with Crippen LogP contribution >= 0.6 is 34.0 Å². The summed E-state index contributed by atoms with van der Waals surface area (Å²) in [5, 5.41) is 8.86. The van der Waals surface area contributed by atoms with Gasteiger partial charge in [0.25, 0.3) is 0 Å². The minimum Gasteiger partial charge on any atom is -0.310 e.